The third-order valence-electron chi connectivity index (χ3n) is 1.83. The zero-order valence-electron chi connectivity index (χ0n) is 7.33. The fourth-order valence-corrected chi connectivity index (χ4v) is 0.980. The summed E-state index contributed by atoms with van der Waals surface area (Å²) in [5.41, 5.74) is 0. The van der Waals surface area contributed by atoms with Crippen LogP contribution < -0.4 is 0 Å². The van der Waals surface area contributed by atoms with Crippen molar-refractivity contribution >= 4 is 5.90 Å². The van der Waals surface area contributed by atoms with Crippen LogP contribution in [-0.4, -0.2) is 32.3 Å². The van der Waals surface area contributed by atoms with Crippen LogP contribution in [-0.2, 0) is 9.47 Å². The van der Waals surface area contributed by atoms with E-state index in [0.29, 0.717) is 12.5 Å². The van der Waals surface area contributed by atoms with Crippen molar-refractivity contribution in [2.75, 3.05) is 20.3 Å². The minimum Gasteiger partial charge on any atom is -0.483 e. The minimum absolute atomic E-state index is 0.277. The third-order valence-corrected chi connectivity index (χ3v) is 1.83. The van der Waals surface area contributed by atoms with E-state index >= 15 is 0 Å². The van der Waals surface area contributed by atoms with Crippen molar-refractivity contribution in [2.45, 2.75) is 19.9 Å². The lowest BCUT2D eigenvalue weighted by molar-refractivity contribution is 0.112. The van der Waals surface area contributed by atoms with Crippen molar-refractivity contribution in [2.24, 2.45) is 10.9 Å². The highest BCUT2D eigenvalue weighted by molar-refractivity contribution is 5.77. The largest absolute Gasteiger partial charge is 0.483 e. The lowest BCUT2D eigenvalue weighted by Gasteiger charge is -2.22. The average molecular weight is 157 g/mol. The number of rotatable bonds is 1. The van der Waals surface area contributed by atoms with Gasteiger partial charge in [0, 0.05) is 0 Å². The Morgan fingerprint density at radius 2 is 2.36 bits per heavy atom. The number of hydrogen-bond acceptors (Lipinski definition) is 3. The van der Waals surface area contributed by atoms with Crippen LogP contribution in [0.15, 0.2) is 4.99 Å². The summed E-state index contributed by atoms with van der Waals surface area (Å²) in [7, 11) is 1.63. The van der Waals surface area contributed by atoms with E-state index in [9.17, 15) is 0 Å². The molecule has 1 atom stereocenters. The maximum absolute atomic E-state index is 5.29. The molecule has 0 bridgehead atoms. The van der Waals surface area contributed by atoms with E-state index in [4.69, 9.17) is 9.47 Å². The van der Waals surface area contributed by atoms with Crippen molar-refractivity contribution in [1.29, 1.82) is 0 Å². The fraction of sp³-hybridized carbons (Fsp3) is 0.875. The van der Waals surface area contributed by atoms with Crippen LogP contribution in [0, 0.1) is 5.92 Å². The van der Waals surface area contributed by atoms with Crippen molar-refractivity contribution in [3.8, 4) is 0 Å². The summed E-state index contributed by atoms with van der Waals surface area (Å²) in [5, 5.41) is 0. The number of nitrogens with zero attached hydrogens (tertiary/aromatic N) is 1. The molecule has 0 fully saturated rings. The van der Waals surface area contributed by atoms with E-state index in [0.717, 1.165) is 12.5 Å². The van der Waals surface area contributed by atoms with Gasteiger partial charge in [0.25, 0.3) is 0 Å². The van der Waals surface area contributed by atoms with Crippen LogP contribution in [0.2, 0.25) is 0 Å². The van der Waals surface area contributed by atoms with Gasteiger partial charge >= 0.3 is 0 Å². The quantitative estimate of drug-likeness (QED) is 0.570. The molecule has 0 aliphatic carbocycles. The molecule has 1 aliphatic rings. The molecule has 0 aromatic carbocycles. The summed E-state index contributed by atoms with van der Waals surface area (Å²) in [6.07, 6.45) is 0. The molecule has 0 spiro atoms. The van der Waals surface area contributed by atoms with Gasteiger partial charge in [-0.15, -0.1) is 0 Å². The van der Waals surface area contributed by atoms with E-state index < -0.39 is 0 Å². The Kier molecular flexibility index (Phi) is 2.88. The zero-order valence-corrected chi connectivity index (χ0v) is 7.33. The number of hydrogen-bond donors (Lipinski definition) is 0. The van der Waals surface area contributed by atoms with Gasteiger partial charge in [0.1, 0.15) is 6.61 Å². The summed E-state index contributed by atoms with van der Waals surface area (Å²) in [6.45, 7) is 5.52. The first-order chi connectivity index (χ1) is 5.24. The summed E-state index contributed by atoms with van der Waals surface area (Å²) in [6, 6.07) is 0.277. The van der Waals surface area contributed by atoms with Crippen LogP contribution >= 0.6 is 0 Å². The maximum atomic E-state index is 5.29. The molecule has 1 heterocycles. The van der Waals surface area contributed by atoms with Gasteiger partial charge in [-0.1, -0.05) is 13.8 Å². The van der Waals surface area contributed by atoms with Gasteiger partial charge in [0.2, 0.25) is 5.90 Å². The fourth-order valence-electron chi connectivity index (χ4n) is 0.980. The van der Waals surface area contributed by atoms with Crippen LogP contribution in [0.25, 0.3) is 0 Å². The SMILES string of the molecule is COC1=N[C@@H](C(C)C)COC1. The Bertz CT molecular complexity index is 154. The van der Waals surface area contributed by atoms with Crippen molar-refractivity contribution in [1.82, 2.24) is 0 Å². The van der Waals surface area contributed by atoms with Crippen LogP contribution in [0.3, 0.4) is 0 Å². The summed E-state index contributed by atoms with van der Waals surface area (Å²) < 4.78 is 10.3. The average Bonchev–Trinajstić information content (AvgIpc) is 2.05. The predicted molar refractivity (Wildman–Crippen MR) is 43.9 cm³/mol. The normalized spacial score (nSPS) is 25.1. The standard InChI is InChI=1S/C8H15NO2/c1-6(2)7-4-11-5-8(9-7)10-3/h6-7H,4-5H2,1-3H3/t7-/m1/s1. The first-order valence-corrected chi connectivity index (χ1v) is 3.92. The summed E-state index contributed by atoms with van der Waals surface area (Å²) in [5.74, 6) is 1.25. The van der Waals surface area contributed by atoms with Gasteiger partial charge in [-0.25, -0.2) is 4.99 Å². The second kappa shape index (κ2) is 3.72. The van der Waals surface area contributed by atoms with Gasteiger partial charge in [0.05, 0.1) is 19.8 Å². The summed E-state index contributed by atoms with van der Waals surface area (Å²) >= 11 is 0. The lowest BCUT2D eigenvalue weighted by atomic mass is 10.1. The molecule has 0 saturated carbocycles. The minimum atomic E-state index is 0.277. The Balaban J connectivity index is 2.55. The van der Waals surface area contributed by atoms with Crippen LogP contribution in [0.5, 0.6) is 0 Å². The molecular weight excluding hydrogens is 142 g/mol. The van der Waals surface area contributed by atoms with E-state index in [1.165, 1.54) is 0 Å². The molecule has 3 nitrogen and oxygen atoms in total. The molecule has 1 rings (SSSR count). The predicted octanol–water partition coefficient (Wildman–Crippen LogP) is 1.09. The van der Waals surface area contributed by atoms with E-state index in [1.54, 1.807) is 7.11 Å². The topological polar surface area (TPSA) is 30.8 Å². The highest BCUT2D eigenvalue weighted by Gasteiger charge is 2.18. The Hall–Kier alpha value is -0.570. The Morgan fingerprint density at radius 3 is 2.91 bits per heavy atom. The highest BCUT2D eigenvalue weighted by atomic mass is 16.5. The number of ether oxygens (including phenoxy) is 2. The molecule has 0 saturated heterocycles. The smallest absolute Gasteiger partial charge is 0.210 e. The van der Waals surface area contributed by atoms with Crippen LogP contribution in [0.1, 0.15) is 13.8 Å². The van der Waals surface area contributed by atoms with E-state index in [-0.39, 0.29) is 6.04 Å². The molecule has 0 aromatic rings. The molecule has 3 heteroatoms. The number of aliphatic imine (C=N–C) groups is 1. The van der Waals surface area contributed by atoms with Crippen molar-refractivity contribution < 1.29 is 9.47 Å². The first-order valence-electron chi connectivity index (χ1n) is 3.92. The zero-order chi connectivity index (χ0) is 8.27. The molecule has 64 valence electrons. The Morgan fingerprint density at radius 1 is 1.64 bits per heavy atom. The van der Waals surface area contributed by atoms with E-state index in [1.807, 2.05) is 0 Å². The summed E-state index contributed by atoms with van der Waals surface area (Å²) in [4.78, 5) is 4.37. The Labute approximate surface area is 67.4 Å². The number of methoxy groups -OCH3 is 1. The maximum Gasteiger partial charge on any atom is 0.210 e. The third kappa shape index (κ3) is 2.19. The molecule has 0 aromatic heterocycles. The molecule has 11 heavy (non-hydrogen) atoms. The van der Waals surface area contributed by atoms with E-state index in [2.05, 4.69) is 18.8 Å². The molecule has 0 N–H and O–H groups in total. The molecule has 0 unspecified atom stereocenters. The first kappa shape index (κ1) is 8.53. The van der Waals surface area contributed by atoms with Gasteiger partial charge in [-0.05, 0) is 5.92 Å². The van der Waals surface area contributed by atoms with Gasteiger partial charge < -0.3 is 9.47 Å². The van der Waals surface area contributed by atoms with Gasteiger partial charge in [-0.3, -0.25) is 0 Å². The van der Waals surface area contributed by atoms with Gasteiger partial charge in [0.15, 0.2) is 0 Å². The van der Waals surface area contributed by atoms with Crippen molar-refractivity contribution in [3.05, 3.63) is 0 Å². The second-order valence-electron chi connectivity index (χ2n) is 3.05. The van der Waals surface area contributed by atoms with Crippen molar-refractivity contribution in [3.63, 3.8) is 0 Å². The molecular formula is C8H15NO2. The van der Waals surface area contributed by atoms with Crippen LogP contribution in [0.4, 0.5) is 0 Å². The van der Waals surface area contributed by atoms with Gasteiger partial charge in [-0.2, -0.15) is 0 Å². The molecule has 0 amide bonds. The second-order valence-corrected chi connectivity index (χ2v) is 3.05. The molecule has 0 radical (unpaired) electrons. The molecule has 1 aliphatic heterocycles. The monoisotopic (exact) mass is 157 g/mol. The lowest BCUT2D eigenvalue weighted by Crippen LogP contribution is -2.30. The highest BCUT2D eigenvalue weighted by Crippen LogP contribution is 2.11.